The van der Waals surface area contributed by atoms with Gasteiger partial charge < -0.3 is 10.6 Å². The van der Waals surface area contributed by atoms with Crippen LogP contribution in [0.15, 0.2) is 59.6 Å². The first-order valence-electron chi connectivity index (χ1n) is 9.68. The number of aryl methyl sites for hydroxylation is 6. The zero-order chi connectivity index (χ0) is 20.3. The van der Waals surface area contributed by atoms with Gasteiger partial charge in [-0.05, 0) is 74.9 Å². The van der Waals surface area contributed by atoms with Gasteiger partial charge in [0.05, 0.1) is 5.69 Å². The van der Waals surface area contributed by atoms with E-state index < -0.39 is 0 Å². The standard InChI is InChI=1S/C25H29N3/c1-16-10-7-11-17(2)22(16)26-25(27-23-18(3)12-8-13-19(23)4)28-24-20(5)14-9-15-21(24)6/h7-15H,1-6H3,(H2,26,27,28). The minimum atomic E-state index is 0.729. The SMILES string of the molecule is Cc1cccc(C)c1N=C(Nc1c(C)cccc1C)Nc1c(C)cccc1C. The Morgan fingerprint density at radius 2 is 0.857 bits per heavy atom. The van der Waals surface area contributed by atoms with Crippen LogP contribution in [0.3, 0.4) is 0 Å². The quantitative estimate of drug-likeness (QED) is 0.395. The normalized spacial score (nSPS) is 10.5. The Labute approximate surface area is 168 Å². The maximum absolute atomic E-state index is 5.01. The van der Waals surface area contributed by atoms with Gasteiger partial charge in [0, 0.05) is 11.4 Å². The van der Waals surface area contributed by atoms with Gasteiger partial charge in [0.1, 0.15) is 0 Å². The molecule has 3 heteroatoms. The van der Waals surface area contributed by atoms with Gasteiger partial charge in [-0.1, -0.05) is 54.6 Å². The van der Waals surface area contributed by atoms with Gasteiger partial charge in [0.2, 0.25) is 5.96 Å². The molecule has 0 fully saturated rings. The van der Waals surface area contributed by atoms with Crippen LogP contribution >= 0.6 is 0 Å². The van der Waals surface area contributed by atoms with E-state index in [9.17, 15) is 0 Å². The molecule has 0 bridgehead atoms. The van der Waals surface area contributed by atoms with Crippen molar-refractivity contribution in [2.24, 2.45) is 4.99 Å². The molecule has 3 aromatic rings. The zero-order valence-electron chi connectivity index (χ0n) is 17.6. The third kappa shape index (κ3) is 4.25. The molecule has 0 saturated carbocycles. The summed E-state index contributed by atoms with van der Waals surface area (Å²) < 4.78 is 0. The zero-order valence-corrected chi connectivity index (χ0v) is 17.6. The molecule has 0 radical (unpaired) electrons. The molecular formula is C25H29N3. The summed E-state index contributed by atoms with van der Waals surface area (Å²) in [6.45, 7) is 12.7. The van der Waals surface area contributed by atoms with Crippen molar-refractivity contribution >= 4 is 23.0 Å². The summed E-state index contributed by atoms with van der Waals surface area (Å²) in [5, 5.41) is 7.12. The monoisotopic (exact) mass is 371 g/mol. The topological polar surface area (TPSA) is 36.4 Å². The minimum Gasteiger partial charge on any atom is -0.325 e. The van der Waals surface area contributed by atoms with Crippen molar-refractivity contribution in [3.05, 3.63) is 88.0 Å². The number of nitrogens with zero attached hydrogens (tertiary/aromatic N) is 1. The number of hydrogen-bond donors (Lipinski definition) is 2. The minimum absolute atomic E-state index is 0.729. The first-order valence-corrected chi connectivity index (χ1v) is 9.68. The van der Waals surface area contributed by atoms with Crippen LogP contribution in [0.4, 0.5) is 17.1 Å². The van der Waals surface area contributed by atoms with Crippen LogP contribution in [0.1, 0.15) is 33.4 Å². The third-order valence-corrected chi connectivity index (χ3v) is 5.11. The largest absolute Gasteiger partial charge is 0.325 e. The summed E-state index contributed by atoms with van der Waals surface area (Å²) in [6.07, 6.45) is 0. The van der Waals surface area contributed by atoms with Crippen LogP contribution < -0.4 is 10.6 Å². The maximum Gasteiger partial charge on any atom is 0.205 e. The molecule has 0 spiro atoms. The van der Waals surface area contributed by atoms with Crippen LogP contribution in [-0.2, 0) is 0 Å². The average Bonchev–Trinajstić information content (AvgIpc) is 2.64. The van der Waals surface area contributed by atoms with Crippen molar-refractivity contribution in [1.29, 1.82) is 0 Å². The highest BCUT2D eigenvalue weighted by atomic mass is 15.2. The van der Waals surface area contributed by atoms with Crippen LogP contribution in [0.2, 0.25) is 0 Å². The fourth-order valence-electron chi connectivity index (χ4n) is 3.44. The third-order valence-electron chi connectivity index (χ3n) is 5.11. The second-order valence-electron chi connectivity index (χ2n) is 7.48. The van der Waals surface area contributed by atoms with Crippen molar-refractivity contribution in [3.8, 4) is 0 Å². The van der Waals surface area contributed by atoms with E-state index in [0.29, 0.717) is 0 Å². The molecule has 0 saturated heterocycles. The molecule has 0 aliphatic rings. The number of anilines is 2. The fourth-order valence-corrected chi connectivity index (χ4v) is 3.44. The summed E-state index contributed by atoms with van der Waals surface area (Å²) in [6, 6.07) is 18.9. The number of guanidine groups is 1. The van der Waals surface area contributed by atoms with Gasteiger partial charge in [-0.15, -0.1) is 0 Å². The lowest BCUT2D eigenvalue weighted by atomic mass is 10.1. The Bertz CT molecular complexity index is 916. The number of aliphatic imine (C=N–C) groups is 1. The van der Waals surface area contributed by atoms with Crippen LogP contribution in [0.25, 0.3) is 0 Å². The van der Waals surface area contributed by atoms with E-state index in [4.69, 9.17) is 4.99 Å². The van der Waals surface area contributed by atoms with Gasteiger partial charge >= 0.3 is 0 Å². The van der Waals surface area contributed by atoms with Gasteiger partial charge in [-0.25, -0.2) is 4.99 Å². The second kappa shape index (κ2) is 8.30. The lowest BCUT2D eigenvalue weighted by Crippen LogP contribution is -2.24. The van der Waals surface area contributed by atoms with Crippen LogP contribution in [0, 0.1) is 41.5 Å². The molecular weight excluding hydrogens is 342 g/mol. The van der Waals surface area contributed by atoms with Crippen LogP contribution in [-0.4, -0.2) is 5.96 Å². The Morgan fingerprint density at radius 3 is 1.21 bits per heavy atom. The van der Waals surface area contributed by atoms with E-state index in [-0.39, 0.29) is 0 Å². The fraction of sp³-hybridized carbons (Fsp3) is 0.240. The molecule has 0 aliphatic heterocycles. The van der Waals surface area contributed by atoms with Crippen molar-refractivity contribution in [3.63, 3.8) is 0 Å². The summed E-state index contributed by atoms with van der Waals surface area (Å²) in [5.41, 5.74) is 10.3. The first-order chi connectivity index (χ1) is 13.4. The number of benzene rings is 3. The number of nitrogens with one attached hydrogen (secondary N) is 2. The summed E-state index contributed by atoms with van der Waals surface area (Å²) in [4.78, 5) is 5.01. The Balaban J connectivity index is 2.10. The predicted octanol–water partition coefficient (Wildman–Crippen LogP) is 6.75. The van der Waals surface area contributed by atoms with E-state index in [0.717, 1.165) is 34.1 Å². The second-order valence-corrected chi connectivity index (χ2v) is 7.48. The molecule has 0 heterocycles. The lowest BCUT2D eigenvalue weighted by molar-refractivity contribution is 1.30. The number of rotatable bonds is 3. The van der Waals surface area contributed by atoms with E-state index in [1.165, 1.54) is 22.3 Å². The number of hydrogen-bond acceptors (Lipinski definition) is 1. The van der Waals surface area contributed by atoms with Crippen molar-refractivity contribution in [2.45, 2.75) is 41.5 Å². The Hall–Kier alpha value is -3.07. The molecule has 144 valence electrons. The lowest BCUT2D eigenvalue weighted by Gasteiger charge is -2.19. The predicted molar refractivity (Wildman–Crippen MR) is 122 cm³/mol. The Kier molecular flexibility index (Phi) is 5.84. The van der Waals surface area contributed by atoms with E-state index in [1.54, 1.807) is 0 Å². The van der Waals surface area contributed by atoms with E-state index >= 15 is 0 Å². The van der Waals surface area contributed by atoms with Gasteiger partial charge in [0.25, 0.3) is 0 Å². The summed E-state index contributed by atoms with van der Waals surface area (Å²) in [7, 11) is 0. The smallest absolute Gasteiger partial charge is 0.205 e. The summed E-state index contributed by atoms with van der Waals surface area (Å²) >= 11 is 0. The molecule has 3 rings (SSSR count). The molecule has 3 nitrogen and oxygen atoms in total. The molecule has 0 aromatic heterocycles. The molecule has 2 N–H and O–H groups in total. The first kappa shape index (κ1) is 19.7. The highest BCUT2D eigenvalue weighted by Gasteiger charge is 2.11. The molecule has 28 heavy (non-hydrogen) atoms. The molecule has 0 aliphatic carbocycles. The maximum atomic E-state index is 5.01. The number of para-hydroxylation sites is 3. The summed E-state index contributed by atoms with van der Waals surface area (Å²) in [5.74, 6) is 0.729. The van der Waals surface area contributed by atoms with Gasteiger partial charge in [-0.3, -0.25) is 0 Å². The van der Waals surface area contributed by atoms with E-state index in [1.807, 2.05) is 0 Å². The van der Waals surface area contributed by atoms with Gasteiger partial charge in [-0.2, -0.15) is 0 Å². The van der Waals surface area contributed by atoms with Crippen molar-refractivity contribution in [1.82, 2.24) is 0 Å². The molecule has 0 amide bonds. The van der Waals surface area contributed by atoms with Crippen LogP contribution in [0.5, 0.6) is 0 Å². The highest BCUT2D eigenvalue weighted by molar-refractivity contribution is 6.06. The highest BCUT2D eigenvalue weighted by Crippen LogP contribution is 2.26. The molecule has 0 unspecified atom stereocenters. The average molecular weight is 372 g/mol. The van der Waals surface area contributed by atoms with E-state index in [2.05, 4.69) is 107 Å². The molecule has 3 aromatic carbocycles. The molecule has 0 atom stereocenters. The van der Waals surface area contributed by atoms with Crippen molar-refractivity contribution in [2.75, 3.05) is 10.6 Å². The Morgan fingerprint density at radius 1 is 0.536 bits per heavy atom. The van der Waals surface area contributed by atoms with Gasteiger partial charge in [0.15, 0.2) is 0 Å². The van der Waals surface area contributed by atoms with Crippen molar-refractivity contribution < 1.29 is 0 Å².